The third-order valence-electron chi connectivity index (χ3n) is 7.47. The molecule has 9 heteroatoms. The van der Waals surface area contributed by atoms with Crippen molar-refractivity contribution in [1.29, 1.82) is 0 Å². The summed E-state index contributed by atoms with van der Waals surface area (Å²) in [4.78, 5) is 9.83. The number of aromatic nitrogens is 2. The summed E-state index contributed by atoms with van der Waals surface area (Å²) in [6.45, 7) is 0.724. The lowest BCUT2D eigenvalue weighted by molar-refractivity contribution is 0.324. The average Bonchev–Trinajstić information content (AvgIpc) is 2.97. The van der Waals surface area contributed by atoms with Gasteiger partial charge in [-0.1, -0.05) is 60.1 Å². The molecule has 0 amide bonds. The van der Waals surface area contributed by atoms with Gasteiger partial charge in [-0.05, 0) is 79.5 Å². The van der Waals surface area contributed by atoms with E-state index in [1.165, 1.54) is 0 Å². The van der Waals surface area contributed by atoms with Gasteiger partial charge >= 0.3 is 0 Å². The number of sulfonamides is 1. The van der Waals surface area contributed by atoms with Gasteiger partial charge in [0.1, 0.15) is 5.82 Å². The number of nitrogens with one attached hydrogen (secondary N) is 3. The smallest absolute Gasteiger partial charge is 0.241 e. The van der Waals surface area contributed by atoms with Crippen LogP contribution >= 0.6 is 11.6 Å². The number of nitrogens with zero attached hydrogens (tertiary/aromatic N) is 2. The largest absolute Gasteiger partial charge is 0.354 e. The van der Waals surface area contributed by atoms with Crippen molar-refractivity contribution in [2.75, 3.05) is 17.2 Å². The van der Waals surface area contributed by atoms with Gasteiger partial charge in [0, 0.05) is 34.1 Å². The average molecular weight is 572 g/mol. The zero-order valence-electron chi connectivity index (χ0n) is 21.8. The molecular weight excluding hydrogens is 542 g/mol. The van der Waals surface area contributed by atoms with Crippen molar-refractivity contribution < 1.29 is 8.42 Å². The van der Waals surface area contributed by atoms with E-state index in [0.29, 0.717) is 21.8 Å². The summed E-state index contributed by atoms with van der Waals surface area (Å²) in [5.41, 5.74) is 1.74. The van der Waals surface area contributed by atoms with Gasteiger partial charge in [0.15, 0.2) is 0 Å². The molecule has 1 saturated carbocycles. The highest BCUT2D eigenvalue weighted by molar-refractivity contribution is 7.89. The molecule has 6 rings (SSSR count). The van der Waals surface area contributed by atoms with Gasteiger partial charge in [-0.15, -0.1) is 0 Å². The van der Waals surface area contributed by atoms with Crippen LogP contribution in [0.4, 0.5) is 17.5 Å². The number of rotatable bonds is 8. The molecule has 3 N–H and O–H groups in total. The standard InChI is InChI=1S/C31H30ClN5O2S/c32-23-14-18-24(19-15-23)34-30-27-9-3-4-10-28(27)35-31(36-30)33-20-21-12-16-25(17-13-21)37-40(38,39)29-11-5-7-22-6-1-2-8-26(22)29/h1-11,14-15,18-19,21,25,37H,12-13,16-17,20H2,(H2,33,34,35,36). The maximum atomic E-state index is 13.2. The van der Waals surface area contributed by atoms with Crippen LogP contribution in [0.2, 0.25) is 5.02 Å². The number of para-hydroxylation sites is 1. The quantitative estimate of drug-likeness (QED) is 0.183. The van der Waals surface area contributed by atoms with Crippen LogP contribution in [0.15, 0.2) is 95.9 Å². The molecular formula is C31H30ClN5O2S. The van der Waals surface area contributed by atoms with Crippen LogP contribution in [0.3, 0.4) is 0 Å². The number of hydrogen-bond acceptors (Lipinski definition) is 6. The molecule has 0 aliphatic heterocycles. The highest BCUT2D eigenvalue weighted by Gasteiger charge is 2.27. The van der Waals surface area contributed by atoms with Gasteiger partial charge in [-0.3, -0.25) is 0 Å². The summed E-state index contributed by atoms with van der Waals surface area (Å²) in [6, 6.07) is 28.3. The predicted octanol–water partition coefficient (Wildman–Crippen LogP) is 7.13. The lowest BCUT2D eigenvalue weighted by Gasteiger charge is -2.29. The van der Waals surface area contributed by atoms with Gasteiger partial charge in [0.25, 0.3) is 0 Å². The Hall–Kier alpha value is -3.72. The molecule has 1 heterocycles. The highest BCUT2D eigenvalue weighted by Crippen LogP contribution is 2.29. The van der Waals surface area contributed by atoms with E-state index in [-0.39, 0.29) is 6.04 Å². The summed E-state index contributed by atoms with van der Waals surface area (Å²) in [5, 5.41) is 10.1. The van der Waals surface area contributed by atoms with Crippen molar-refractivity contribution in [2.45, 2.75) is 36.6 Å². The van der Waals surface area contributed by atoms with Gasteiger partial charge in [-0.2, -0.15) is 4.98 Å². The Morgan fingerprint density at radius 3 is 2.27 bits per heavy atom. The predicted molar refractivity (Wildman–Crippen MR) is 163 cm³/mol. The minimum absolute atomic E-state index is 0.0766. The summed E-state index contributed by atoms with van der Waals surface area (Å²) >= 11 is 6.04. The molecule has 7 nitrogen and oxygen atoms in total. The molecule has 1 fully saturated rings. The number of anilines is 3. The summed E-state index contributed by atoms with van der Waals surface area (Å²) in [6.07, 6.45) is 3.41. The van der Waals surface area contributed by atoms with Crippen LogP contribution < -0.4 is 15.4 Å². The Balaban J connectivity index is 1.09. The van der Waals surface area contributed by atoms with Crippen LogP contribution in [0, 0.1) is 5.92 Å². The second-order valence-electron chi connectivity index (χ2n) is 10.2. The maximum absolute atomic E-state index is 13.2. The van der Waals surface area contributed by atoms with E-state index in [4.69, 9.17) is 21.6 Å². The number of halogens is 1. The summed E-state index contributed by atoms with van der Waals surface area (Å²) in [7, 11) is -3.61. The molecule has 204 valence electrons. The van der Waals surface area contributed by atoms with Crippen molar-refractivity contribution in [1.82, 2.24) is 14.7 Å². The summed E-state index contributed by atoms with van der Waals surface area (Å²) < 4.78 is 29.4. The first-order chi connectivity index (χ1) is 19.4. The van der Waals surface area contributed by atoms with E-state index in [0.717, 1.165) is 65.4 Å². The Bertz CT molecular complexity index is 1750. The second-order valence-corrected chi connectivity index (χ2v) is 12.4. The Morgan fingerprint density at radius 1 is 0.775 bits per heavy atom. The number of benzene rings is 4. The van der Waals surface area contributed by atoms with E-state index in [9.17, 15) is 8.42 Å². The molecule has 5 aromatic rings. The normalized spacial score (nSPS) is 17.6. The van der Waals surface area contributed by atoms with E-state index < -0.39 is 10.0 Å². The molecule has 1 aliphatic rings. The molecule has 0 radical (unpaired) electrons. The monoisotopic (exact) mass is 571 g/mol. The van der Waals surface area contributed by atoms with Gasteiger partial charge in [0.2, 0.25) is 16.0 Å². The molecule has 4 aromatic carbocycles. The van der Waals surface area contributed by atoms with E-state index in [2.05, 4.69) is 15.4 Å². The van der Waals surface area contributed by atoms with Crippen LogP contribution in [-0.2, 0) is 10.0 Å². The lowest BCUT2D eigenvalue weighted by Crippen LogP contribution is -2.38. The van der Waals surface area contributed by atoms with E-state index >= 15 is 0 Å². The van der Waals surface area contributed by atoms with E-state index in [1.54, 1.807) is 12.1 Å². The Kier molecular flexibility index (Phi) is 7.56. The van der Waals surface area contributed by atoms with Gasteiger partial charge in [-0.25, -0.2) is 18.1 Å². The minimum Gasteiger partial charge on any atom is -0.354 e. The fourth-order valence-corrected chi connectivity index (χ4v) is 7.01. The first kappa shape index (κ1) is 26.5. The van der Waals surface area contributed by atoms with Crippen molar-refractivity contribution in [3.05, 3.63) is 96.0 Å². The molecule has 40 heavy (non-hydrogen) atoms. The molecule has 0 atom stereocenters. The number of hydrogen-bond donors (Lipinski definition) is 3. The second kappa shape index (κ2) is 11.4. The Labute approximate surface area is 239 Å². The molecule has 0 bridgehead atoms. The first-order valence-electron chi connectivity index (χ1n) is 13.5. The molecule has 0 spiro atoms. The molecule has 1 aromatic heterocycles. The fourth-order valence-electron chi connectivity index (χ4n) is 5.35. The summed E-state index contributed by atoms with van der Waals surface area (Å²) in [5.74, 6) is 1.69. The van der Waals surface area contributed by atoms with Gasteiger partial charge in [0.05, 0.1) is 10.4 Å². The first-order valence-corrected chi connectivity index (χ1v) is 15.3. The molecule has 1 aliphatic carbocycles. The van der Waals surface area contributed by atoms with Crippen molar-refractivity contribution in [3.63, 3.8) is 0 Å². The maximum Gasteiger partial charge on any atom is 0.241 e. The lowest BCUT2D eigenvalue weighted by atomic mass is 9.86. The minimum atomic E-state index is -3.61. The third kappa shape index (κ3) is 5.89. The van der Waals surface area contributed by atoms with Crippen LogP contribution in [0.5, 0.6) is 0 Å². The van der Waals surface area contributed by atoms with Crippen molar-refractivity contribution >= 4 is 60.8 Å². The SMILES string of the molecule is O=S(=O)(NC1CCC(CNc2nc(Nc3ccc(Cl)cc3)c3ccccc3n2)CC1)c1cccc2ccccc12. The van der Waals surface area contributed by atoms with Crippen LogP contribution in [0.25, 0.3) is 21.7 Å². The zero-order chi connectivity index (χ0) is 27.5. The number of fused-ring (bicyclic) bond motifs is 2. The topological polar surface area (TPSA) is 96.0 Å². The molecule has 0 saturated heterocycles. The Morgan fingerprint density at radius 2 is 1.48 bits per heavy atom. The van der Waals surface area contributed by atoms with Crippen molar-refractivity contribution in [3.8, 4) is 0 Å². The van der Waals surface area contributed by atoms with Crippen LogP contribution in [-0.4, -0.2) is 31.0 Å². The van der Waals surface area contributed by atoms with E-state index in [1.807, 2.05) is 78.9 Å². The highest BCUT2D eigenvalue weighted by atomic mass is 35.5. The molecule has 0 unspecified atom stereocenters. The fraction of sp³-hybridized carbons (Fsp3) is 0.226. The third-order valence-corrected chi connectivity index (χ3v) is 9.30. The zero-order valence-corrected chi connectivity index (χ0v) is 23.4. The van der Waals surface area contributed by atoms with Crippen molar-refractivity contribution in [2.24, 2.45) is 5.92 Å². The van der Waals surface area contributed by atoms with Gasteiger partial charge < -0.3 is 10.6 Å². The van der Waals surface area contributed by atoms with Crippen LogP contribution in [0.1, 0.15) is 25.7 Å².